The normalized spacial score (nSPS) is 20.4. The molecule has 1 aliphatic heterocycles. The molecule has 0 aliphatic carbocycles. The van der Waals surface area contributed by atoms with Gasteiger partial charge in [0.05, 0.1) is 12.6 Å². The van der Waals surface area contributed by atoms with Gasteiger partial charge in [-0.15, -0.1) is 0 Å². The minimum atomic E-state index is -0.762. The second-order valence-electron chi connectivity index (χ2n) is 5.13. The van der Waals surface area contributed by atoms with Gasteiger partial charge in [-0.3, -0.25) is 9.59 Å². The van der Waals surface area contributed by atoms with Crippen molar-refractivity contribution in [3.8, 4) is 0 Å². The van der Waals surface area contributed by atoms with Gasteiger partial charge in [0.15, 0.2) is 5.92 Å². The summed E-state index contributed by atoms with van der Waals surface area (Å²) >= 11 is 0. The van der Waals surface area contributed by atoms with Crippen molar-refractivity contribution in [2.24, 2.45) is 5.92 Å². The lowest BCUT2D eigenvalue weighted by molar-refractivity contribution is -0.157. The number of nitrogens with zero attached hydrogens (tertiary/aromatic N) is 1. The molecule has 1 aliphatic rings. The van der Waals surface area contributed by atoms with Gasteiger partial charge in [0.2, 0.25) is 5.91 Å². The fourth-order valence-corrected chi connectivity index (χ4v) is 2.82. The fourth-order valence-electron chi connectivity index (χ4n) is 2.82. The van der Waals surface area contributed by atoms with Crippen molar-refractivity contribution in [1.29, 1.82) is 0 Å². The number of para-hydroxylation sites is 1. The van der Waals surface area contributed by atoms with Crippen molar-refractivity contribution in [2.45, 2.75) is 13.0 Å². The number of amides is 1. The van der Waals surface area contributed by atoms with Crippen LogP contribution in [-0.2, 0) is 14.3 Å². The molecule has 1 saturated heterocycles. The molecule has 0 spiro atoms. The fraction of sp³-hybridized carbons (Fsp3) is 0.222. The van der Waals surface area contributed by atoms with Crippen LogP contribution in [0.15, 0.2) is 60.7 Å². The Kier molecular flexibility index (Phi) is 3.92. The third kappa shape index (κ3) is 2.37. The Balaban J connectivity index is 1.97. The van der Waals surface area contributed by atoms with Gasteiger partial charge in [-0.25, -0.2) is 0 Å². The van der Waals surface area contributed by atoms with E-state index in [4.69, 9.17) is 4.74 Å². The van der Waals surface area contributed by atoms with E-state index >= 15 is 0 Å². The summed E-state index contributed by atoms with van der Waals surface area (Å²) in [5, 5.41) is 0. The highest BCUT2D eigenvalue weighted by atomic mass is 16.5. The first kappa shape index (κ1) is 14.3. The molecule has 3 rings (SSSR count). The van der Waals surface area contributed by atoms with Gasteiger partial charge in [0, 0.05) is 5.69 Å². The van der Waals surface area contributed by atoms with E-state index in [1.807, 2.05) is 60.7 Å². The Morgan fingerprint density at radius 2 is 1.64 bits per heavy atom. The summed E-state index contributed by atoms with van der Waals surface area (Å²) in [5.41, 5.74) is 1.73. The average molecular weight is 295 g/mol. The number of benzene rings is 2. The Morgan fingerprint density at radius 3 is 2.23 bits per heavy atom. The van der Waals surface area contributed by atoms with E-state index in [-0.39, 0.29) is 18.6 Å². The highest BCUT2D eigenvalue weighted by Gasteiger charge is 2.53. The number of esters is 1. The van der Waals surface area contributed by atoms with Crippen LogP contribution in [0.4, 0.5) is 5.69 Å². The summed E-state index contributed by atoms with van der Waals surface area (Å²) in [6.07, 6.45) is 0. The molecule has 2 aromatic rings. The lowest BCUT2D eigenvalue weighted by Gasteiger charge is -2.45. The molecule has 2 atom stereocenters. The maximum absolute atomic E-state index is 12.5. The van der Waals surface area contributed by atoms with Crippen LogP contribution in [0, 0.1) is 5.92 Å². The van der Waals surface area contributed by atoms with Crippen LogP contribution < -0.4 is 4.90 Å². The highest BCUT2D eigenvalue weighted by Crippen LogP contribution is 2.43. The minimum Gasteiger partial charge on any atom is -0.465 e. The predicted molar refractivity (Wildman–Crippen MR) is 83.2 cm³/mol. The Morgan fingerprint density at radius 1 is 1.05 bits per heavy atom. The number of hydrogen-bond donors (Lipinski definition) is 0. The molecule has 22 heavy (non-hydrogen) atoms. The summed E-state index contributed by atoms with van der Waals surface area (Å²) in [5.74, 6) is -1.42. The van der Waals surface area contributed by atoms with E-state index in [1.54, 1.807) is 11.8 Å². The maximum Gasteiger partial charge on any atom is 0.321 e. The molecule has 0 aromatic heterocycles. The molecule has 1 amide bonds. The molecule has 0 bridgehead atoms. The summed E-state index contributed by atoms with van der Waals surface area (Å²) in [4.78, 5) is 26.3. The Labute approximate surface area is 129 Å². The quantitative estimate of drug-likeness (QED) is 0.495. The van der Waals surface area contributed by atoms with Crippen LogP contribution >= 0.6 is 0 Å². The van der Waals surface area contributed by atoms with E-state index in [0.29, 0.717) is 0 Å². The van der Waals surface area contributed by atoms with Crippen LogP contribution in [0.25, 0.3) is 0 Å². The highest BCUT2D eigenvalue weighted by molar-refractivity contribution is 6.14. The summed E-state index contributed by atoms with van der Waals surface area (Å²) in [6, 6.07) is 18.7. The van der Waals surface area contributed by atoms with Gasteiger partial charge >= 0.3 is 5.97 Å². The van der Waals surface area contributed by atoms with E-state index in [9.17, 15) is 9.59 Å². The largest absolute Gasteiger partial charge is 0.465 e. The number of ether oxygens (including phenoxy) is 1. The molecular weight excluding hydrogens is 278 g/mol. The number of rotatable bonds is 4. The zero-order chi connectivity index (χ0) is 15.5. The van der Waals surface area contributed by atoms with Crippen molar-refractivity contribution in [3.05, 3.63) is 66.2 Å². The molecule has 1 heterocycles. The zero-order valence-electron chi connectivity index (χ0n) is 12.3. The van der Waals surface area contributed by atoms with E-state index < -0.39 is 11.9 Å². The summed E-state index contributed by atoms with van der Waals surface area (Å²) in [6.45, 7) is 2.02. The predicted octanol–water partition coefficient (Wildman–Crippen LogP) is 2.95. The van der Waals surface area contributed by atoms with E-state index in [2.05, 4.69) is 0 Å². The van der Waals surface area contributed by atoms with Gasteiger partial charge in [0.25, 0.3) is 0 Å². The second-order valence-corrected chi connectivity index (χ2v) is 5.13. The monoisotopic (exact) mass is 295 g/mol. The molecule has 0 saturated carbocycles. The molecule has 1 fully saturated rings. The third-order valence-electron chi connectivity index (χ3n) is 3.81. The van der Waals surface area contributed by atoms with Gasteiger partial charge in [-0.05, 0) is 24.6 Å². The first-order valence-electron chi connectivity index (χ1n) is 7.33. The average Bonchev–Trinajstić information content (AvgIpc) is 2.54. The second kappa shape index (κ2) is 6.02. The number of carbonyl (C=O) groups is 2. The van der Waals surface area contributed by atoms with Gasteiger partial charge in [-0.2, -0.15) is 0 Å². The van der Waals surface area contributed by atoms with Crippen molar-refractivity contribution in [1.82, 2.24) is 0 Å². The van der Waals surface area contributed by atoms with Crippen molar-refractivity contribution in [2.75, 3.05) is 11.5 Å². The van der Waals surface area contributed by atoms with Crippen molar-refractivity contribution < 1.29 is 14.3 Å². The van der Waals surface area contributed by atoms with Crippen LogP contribution in [-0.4, -0.2) is 18.5 Å². The standard InChI is InChI=1S/C18H17NO3/c1-2-22-18(21)15-16(13-9-5-3-6-10-13)19(17(15)20)14-11-7-4-8-12-14/h3-12,15-16H,2H2,1H3/t15-,16-/m1/s1. The molecular formula is C18H17NO3. The van der Waals surface area contributed by atoms with E-state index in [0.717, 1.165) is 11.3 Å². The van der Waals surface area contributed by atoms with Gasteiger partial charge in [0.1, 0.15) is 0 Å². The lowest BCUT2D eigenvalue weighted by atomic mass is 9.81. The zero-order valence-corrected chi connectivity index (χ0v) is 12.3. The first-order chi connectivity index (χ1) is 10.7. The molecule has 4 heteroatoms. The van der Waals surface area contributed by atoms with Gasteiger partial charge < -0.3 is 9.64 Å². The van der Waals surface area contributed by atoms with Crippen molar-refractivity contribution in [3.63, 3.8) is 0 Å². The van der Waals surface area contributed by atoms with Crippen LogP contribution in [0.1, 0.15) is 18.5 Å². The van der Waals surface area contributed by atoms with Crippen LogP contribution in [0.5, 0.6) is 0 Å². The van der Waals surface area contributed by atoms with Crippen molar-refractivity contribution >= 4 is 17.6 Å². The van der Waals surface area contributed by atoms with E-state index in [1.165, 1.54) is 0 Å². The number of β-lactam (4-membered cyclic amide) rings is 1. The Bertz CT molecular complexity index is 669. The van der Waals surface area contributed by atoms with Crippen LogP contribution in [0.2, 0.25) is 0 Å². The molecule has 112 valence electrons. The lowest BCUT2D eigenvalue weighted by Crippen LogP contribution is -2.58. The topological polar surface area (TPSA) is 46.6 Å². The first-order valence-corrected chi connectivity index (χ1v) is 7.33. The Hall–Kier alpha value is -2.62. The third-order valence-corrected chi connectivity index (χ3v) is 3.81. The van der Waals surface area contributed by atoms with Crippen LogP contribution in [0.3, 0.4) is 0 Å². The van der Waals surface area contributed by atoms with Gasteiger partial charge in [-0.1, -0.05) is 48.5 Å². The smallest absolute Gasteiger partial charge is 0.321 e. The molecule has 0 N–H and O–H groups in total. The minimum absolute atomic E-state index is 0.210. The summed E-state index contributed by atoms with van der Waals surface area (Å²) < 4.78 is 5.07. The maximum atomic E-state index is 12.5. The number of hydrogen-bond acceptors (Lipinski definition) is 3. The number of carbonyl (C=O) groups excluding carboxylic acids is 2. The molecule has 4 nitrogen and oxygen atoms in total. The SMILES string of the molecule is CCOC(=O)[C@H]1C(=O)N(c2ccccc2)[C@@H]1c1ccccc1. The molecule has 0 radical (unpaired) electrons. The molecule has 0 unspecified atom stereocenters. The number of anilines is 1. The summed E-state index contributed by atoms with van der Waals surface area (Å²) in [7, 11) is 0. The molecule has 2 aromatic carbocycles.